The number of ether oxygens (including phenoxy) is 1. The molecule has 4 heteroatoms. The summed E-state index contributed by atoms with van der Waals surface area (Å²) in [5.74, 6) is 0.712. The molecule has 0 unspecified atom stereocenters. The van der Waals surface area contributed by atoms with Gasteiger partial charge in [-0.1, -0.05) is 12.1 Å². The molecule has 3 nitrogen and oxygen atoms in total. The van der Waals surface area contributed by atoms with Crippen molar-refractivity contribution in [3.05, 3.63) is 59.2 Å². The summed E-state index contributed by atoms with van der Waals surface area (Å²) in [5, 5.41) is 3.03. The molecule has 0 aromatic heterocycles. The molecule has 0 aliphatic heterocycles. The zero-order valence-corrected chi connectivity index (χ0v) is 14.2. The molecular weight excluding hydrogens is 294 g/mol. The van der Waals surface area contributed by atoms with Crippen LogP contribution in [0, 0.1) is 6.92 Å². The van der Waals surface area contributed by atoms with Crippen LogP contribution in [0.25, 0.3) is 0 Å². The predicted molar refractivity (Wildman–Crippen MR) is 91.8 cm³/mol. The standard InChI is InChI=1S/C18H21NO2S/c1-12-11-15(7-10-17(12)21-3)18(20)19-13(2)14-5-8-16(22-4)9-6-14/h5-11,13H,1-4H3,(H,19,20)/t13-/m0/s1. The lowest BCUT2D eigenvalue weighted by molar-refractivity contribution is 0.0939. The monoisotopic (exact) mass is 315 g/mol. The van der Waals surface area contributed by atoms with E-state index in [0.717, 1.165) is 16.9 Å². The first kappa shape index (κ1) is 16.4. The van der Waals surface area contributed by atoms with E-state index in [4.69, 9.17) is 4.74 Å². The van der Waals surface area contributed by atoms with Crippen LogP contribution in [0.1, 0.15) is 34.5 Å². The molecule has 22 heavy (non-hydrogen) atoms. The minimum Gasteiger partial charge on any atom is -0.496 e. The van der Waals surface area contributed by atoms with Gasteiger partial charge in [-0.25, -0.2) is 0 Å². The lowest BCUT2D eigenvalue weighted by atomic mass is 10.1. The molecule has 0 heterocycles. The fourth-order valence-corrected chi connectivity index (χ4v) is 2.68. The Balaban J connectivity index is 2.08. The second kappa shape index (κ2) is 7.36. The van der Waals surface area contributed by atoms with Crippen molar-refractivity contribution in [2.45, 2.75) is 24.8 Å². The summed E-state index contributed by atoms with van der Waals surface area (Å²) in [6, 6.07) is 13.7. The zero-order valence-electron chi connectivity index (χ0n) is 13.3. The Kier molecular flexibility index (Phi) is 5.50. The van der Waals surface area contributed by atoms with Gasteiger partial charge in [-0.15, -0.1) is 11.8 Å². The van der Waals surface area contributed by atoms with Crippen molar-refractivity contribution in [3.8, 4) is 5.75 Å². The molecule has 116 valence electrons. The average molecular weight is 315 g/mol. The molecule has 0 aliphatic rings. The van der Waals surface area contributed by atoms with Crippen LogP contribution in [0.4, 0.5) is 0 Å². The van der Waals surface area contributed by atoms with Crippen molar-refractivity contribution >= 4 is 17.7 Å². The third kappa shape index (κ3) is 3.83. The predicted octanol–water partition coefficient (Wildman–Crippen LogP) is 4.22. The summed E-state index contributed by atoms with van der Waals surface area (Å²) >= 11 is 1.71. The number of methoxy groups -OCH3 is 1. The highest BCUT2D eigenvalue weighted by molar-refractivity contribution is 7.98. The van der Waals surface area contributed by atoms with Crippen LogP contribution in [0.5, 0.6) is 5.75 Å². The van der Waals surface area contributed by atoms with E-state index in [1.165, 1.54) is 4.90 Å². The third-order valence-corrected chi connectivity index (χ3v) is 4.36. The second-order valence-corrected chi connectivity index (χ2v) is 6.03. The quantitative estimate of drug-likeness (QED) is 0.840. The van der Waals surface area contributed by atoms with E-state index in [-0.39, 0.29) is 11.9 Å². The van der Waals surface area contributed by atoms with E-state index in [2.05, 4.69) is 29.6 Å². The van der Waals surface area contributed by atoms with Crippen LogP contribution in [0.3, 0.4) is 0 Å². The van der Waals surface area contributed by atoms with Crippen molar-refractivity contribution in [2.24, 2.45) is 0 Å². The number of amides is 1. The Bertz CT molecular complexity index is 653. The third-order valence-electron chi connectivity index (χ3n) is 3.62. The van der Waals surface area contributed by atoms with Crippen LogP contribution in [0.2, 0.25) is 0 Å². The van der Waals surface area contributed by atoms with E-state index in [9.17, 15) is 4.79 Å². The summed E-state index contributed by atoms with van der Waals surface area (Å²) < 4.78 is 5.22. The molecule has 0 spiro atoms. The van der Waals surface area contributed by atoms with E-state index in [1.54, 1.807) is 24.9 Å². The number of nitrogens with one attached hydrogen (secondary N) is 1. The summed E-state index contributed by atoms with van der Waals surface area (Å²) in [7, 11) is 1.63. The SMILES string of the molecule is COc1ccc(C(=O)N[C@@H](C)c2ccc(SC)cc2)cc1C. The number of hydrogen-bond donors (Lipinski definition) is 1. The molecular formula is C18H21NO2S. The van der Waals surface area contributed by atoms with Gasteiger partial charge in [-0.2, -0.15) is 0 Å². The Labute approximate surface area is 136 Å². The van der Waals surface area contributed by atoms with Gasteiger partial charge in [0, 0.05) is 10.5 Å². The first-order valence-electron chi connectivity index (χ1n) is 7.14. The van der Waals surface area contributed by atoms with Gasteiger partial charge in [0.05, 0.1) is 13.2 Å². The number of hydrogen-bond acceptors (Lipinski definition) is 3. The minimum absolute atomic E-state index is 0.0363. The van der Waals surface area contributed by atoms with Gasteiger partial charge in [0.2, 0.25) is 0 Å². The average Bonchev–Trinajstić information content (AvgIpc) is 2.54. The number of aryl methyl sites for hydroxylation is 1. The first-order chi connectivity index (χ1) is 10.5. The van der Waals surface area contributed by atoms with Crippen molar-refractivity contribution in [1.29, 1.82) is 0 Å². The molecule has 2 aromatic carbocycles. The molecule has 1 atom stereocenters. The van der Waals surface area contributed by atoms with Gasteiger partial charge >= 0.3 is 0 Å². The fraction of sp³-hybridized carbons (Fsp3) is 0.278. The number of carbonyl (C=O) groups is 1. The number of thioether (sulfide) groups is 1. The lowest BCUT2D eigenvalue weighted by Crippen LogP contribution is -2.26. The highest BCUT2D eigenvalue weighted by atomic mass is 32.2. The van der Waals surface area contributed by atoms with Crippen LogP contribution in [-0.2, 0) is 0 Å². The number of rotatable bonds is 5. The highest BCUT2D eigenvalue weighted by Gasteiger charge is 2.12. The van der Waals surface area contributed by atoms with Crippen molar-refractivity contribution in [1.82, 2.24) is 5.32 Å². The molecule has 0 aliphatic carbocycles. The van der Waals surface area contributed by atoms with E-state index in [0.29, 0.717) is 5.56 Å². The van der Waals surface area contributed by atoms with Crippen molar-refractivity contribution in [3.63, 3.8) is 0 Å². The minimum atomic E-state index is -0.0767. The smallest absolute Gasteiger partial charge is 0.251 e. The fourth-order valence-electron chi connectivity index (χ4n) is 2.28. The van der Waals surface area contributed by atoms with Gasteiger partial charge in [0.1, 0.15) is 5.75 Å². The normalized spacial score (nSPS) is 11.8. The Hall–Kier alpha value is -1.94. The van der Waals surface area contributed by atoms with E-state index in [1.807, 2.05) is 32.2 Å². The summed E-state index contributed by atoms with van der Waals surface area (Å²) in [5.41, 5.74) is 2.69. The van der Waals surface area contributed by atoms with Gasteiger partial charge in [-0.3, -0.25) is 4.79 Å². The van der Waals surface area contributed by atoms with Crippen molar-refractivity contribution < 1.29 is 9.53 Å². The lowest BCUT2D eigenvalue weighted by Gasteiger charge is -2.15. The van der Waals surface area contributed by atoms with Crippen LogP contribution in [-0.4, -0.2) is 19.3 Å². The Morgan fingerprint density at radius 2 is 1.86 bits per heavy atom. The highest BCUT2D eigenvalue weighted by Crippen LogP contribution is 2.21. The molecule has 1 amide bonds. The molecule has 0 radical (unpaired) electrons. The number of benzene rings is 2. The first-order valence-corrected chi connectivity index (χ1v) is 8.37. The van der Waals surface area contributed by atoms with Gasteiger partial charge in [0.25, 0.3) is 5.91 Å². The molecule has 0 saturated heterocycles. The largest absolute Gasteiger partial charge is 0.496 e. The van der Waals surface area contributed by atoms with E-state index < -0.39 is 0 Å². The Morgan fingerprint density at radius 3 is 2.41 bits per heavy atom. The van der Waals surface area contributed by atoms with Crippen LogP contribution in [0.15, 0.2) is 47.4 Å². The molecule has 1 N–H and O–H groups in total. The second-order valence-electron chi connectivity index (χ2n) is 5.15. The van der Waals surface area contributed by atoms with Gasteiger partial charge < -0.3 is 10.1 Å². The van der Waals surface area contributed by atoms with E-state index >= 15 is 0 Å². The maximum Gasteiger partial charge on any atom is 0.251 e. The molecule has 0 fully saturated rings. The molecule has 2 aromatic rings. The summed E-state index contributed by atoms with van der Waals surface area (Å²) in [6.07, 6.45) is 2.05. The maximum atomic E-state index is 12.3. The summed E-state index contributed by atoms with van der Waals surface area (Å²) in [4.78, 5) is 13.6. The Morgan fingerprint density at radius 1 is 1.18 bits per heavy atom. The van der Waals surface area contributed by atoms with Gasteiger partial charge in [0.15, 0.2) is 0 Å². The zero-order chi connectivity index (χ0) is 16.1. The maximum absolute atomic E-state index is 12.3. The topological polar surface area (TPSA) is 38.3 Å². The van der Waals surface area contributed by atoms with Crippen LogP contribution >= 0.6 is 11.8 Å². The summed E-state index contributed by atoms with van der Waals surface area (Å²) in [6.45, 7) is 3.92. The van der Waals surface area contributed by atoms with Crippen LogP contribution < -0.4 is 10.1 Å². The van der Waals surface area contributed by atoms with Gasteiger partial charge in [-0.05, 0) is 61.6 Å². The van der Waals surface area contributed by atoms with Crippen molar-refractivity contribution in [2.75, 3.05) is 13.4 Å². The number of carbonyl (C=O) groups excluding carboxylic acids is 1. The molecule has 0 saturated carbocycles. The molecule has 0 bridgehead atoms. The molecule has 2 rings (SSSR count).